The van der Waals surface area contributed by atoms with Crippen LogP contribution in [-0.4, -0.2) is 24.4 Å². The van der Waals surface area contributed by atoms with Crippen LogP contribution in [0.25, 0.3) is 0 Å². The Hall–Kier alpha value is -1.30. The van der Waals surface area contributed by atoms with Crippen LogP contribution in [0.3, 0.4) is 0 Å². The minimum atomic E-state index is -4.35. The molecule has 1 atom stereocenters. The quantitative estimate of drug-likeness (QED) is 0.852. The molecular weight excluding hydrogens is 262 g/mol. The monoisotopic (exact) mass is 279 g/mol. The molecule has 1 rings (SSSR count). The van der Waals surface area contributed by atoms with Crippen molar-refractivity contribution >= 4 is 5.69 Å². The minimum Gasteiger partial charge on any atom is -0.389 e. The second-order valence-corrected chi connectivity index (χ2v) is 4.47. The number of halogens is 4. The van der Waals surface area contributed by atoms with Crippen LogP contribution in [0.4, 0.5) is 23.2 Å². The molecule has 0 saturated carbocycles. The number of anilines is 1. The van der Waals surface area contributed by atoms with E-state index in [4.69, 9.17) is 0 Å². The van der Waals surface area contributed by atoms with Gasteiger partial charge in [-0.2, -0.15) is 13.2 Å². The van der Waals surface area contributed by atoms with Crippen molar-refractivity contribution < 1.29 is 22.7 Å². The summed E-state index contributed by atoms with van der Waals surface area (Å²) in [4.78, 5) is 1.08. The maximum Gasteiger partial charge on any atom is 0.405 e. The molecule has 0 bridgehead atoms. The van der Waals surface area contributed by atoms with Crippen LogP contribution in [0.5, 0.6) is 0 Å². The number of hydrogen-bond donors (Lipinski definition) is 1. The average molecular weight is 279 g/mol. The molecular formula is C13H17F4NO. The maximum absolute atomic E-state index is 13.5. The third-order valence-corrected chi connectivity index (χ3v) is 2.85. The van der Waals surface area contributed by atoms with Gasteiger partial charge in [-0.1, -0.05) is 0 Å². The van der Waals surface area contributed by atoms with Gasteiger partial charge in [-0.3, -0.25) is 0 Å². The molecule has 0 radical (unpaired) electrons. The van der Waals surface area contributed by atoms with Crippen LogP contribution in [0, 0.1) is 12.7 Å². The summed E-state index contributed by atoms with van der Waals surface area (Å²) >= 11 is 0. The number of rotatable bonds is 4. The number of aryl methyl sites for hydroxylation is 1. The summed E-state index contributed by atoms with van der Waals surface area (Å²) in [6, 6.07) is 2.43. The SMILES string of the molecule is CCN(CC(F)(F)F)c1cc(C)c(F)cc1C(C)O. The van der Waals surface area contributed by atoms with Gasteiger partial charge in [0.2, 0.25) is 0 Å². The zero-order valence-corrected chi connectivity index (χ0v) is 11.1. The van der Waals surface area contributed by atoms with Gasteiger partial charge in [0.05, 0.1) is 6.10 Å². The van der Waals surface area contributed by atoms with Gasteiger partial charge in [0.25, 0.3) is 0 Å². The topological polar surface area (TPSA) is 23.5 Å². The molecule has 0 amide bonds. The van der Waals surface area contributed by atoms with Crippen molar-refractivity contribution in [2.24, 2.45) is 0 Å². The van der Waals surface area contributed by atoms with Crippen molar-refractivity contribution in [2.45, 2.75) is 33.1 Å². The Morgan fingerprint density at radius 2 is 1.89 bits per heavy atom. The Morgan fingerprint density at radius 1 is 1.32 bits per heavy atom. The summed E-state index contributed by atoms with van der Waals surface area (Å²) in [6.45, 7) is 3.44. The summed E-state index contributed by atoms with van der Waals surface area (Å²) in [5, 5.41) is 9.59. The van der Waals surface area contributed by atoms with Crippen LogP contribution in [0.2, 0.25) is 0 Å². The highest BCUT2D eigenvalue weighted by atomic mass is 19.4. The summed E-state index contributed by atoms with van der Waals surface area (Å²) in [5.74, 6) is -0.539. The van der Waals surface area contributed by atoms with Gasteiger partial charge in [-0.05, 0) is 38.5 Å². The van der Waals surface area contributed by atoms with E-state index in [-0.39, 0.29) is 23.4 Å². The molecule has 1 aromatic rings. The molecule has 0 spiro atoms. The lowest BCUT2D eigenvalue weighted by molar-refractivity contribution is -0.119. The predicted octanol–water partition coefficient (Wildman–Crippen LogP) is 3.58. The van der Waals surface area contributed by atoms with Gasteiger partial charge in [-0.15, -0.1) is 0 Å². The molecule has 0 aliphatic rings. The molecule has 1 unspecified atom stereocenters. The van der Waals surface area contributed by atoms with Crippen LogP contribution >= 0.6 is 0 Å². The maximum atomic E-state index is 13.5. The molecule has 0 aliphatic carbocycles. The molecule has 0 heterocycles. The van der Waals surface area contributed by atoms with Crippen LogP contribution in [0.1, 0.15) is 31.1 Å². The lowest BCUT2D eigenvalue weighted by Gasteiger charge is -2.28. The summed E-state index contributed by atoms with van der Waals surface area (Å²) in [7, 11) is 0. The number of alkyl halides is 3. The third-order valence-electron chi connectivity index (χ3n) is 2.85. The van der Waals surface area contributed by atoms with Gasteiger partial charge in [0.15, 0.2) is 0 Å². The van der Waals surface area contributed by atoms with Crippen molar-refractivity contribution in [3.8, 4) is 0 Å². The van der Waals surface area contributed by atoms with Crippen LogP contribution in [0.15, 0.2) is 12.1 Å². The summed E-state index contributed by atoms with van der Waals surface area (Å²) in [5.41, 5.74) is 0.628. The molecule has 2 nitrogen and oxygen atoms in total. The van der Waals surface area contributed by atoms with E-state index in [1.165, 1.54) is 19.9 Å². The molecule has 0 aliphatic heterocycles. The Bertz CT molecular complexity index is 443. The first-order valence-corrected chi connectivity index (χ1v) is 5.95. The lowest BCUT2D eigenvalue weighted by Crippen LogP contribution is -2.35. The highest BCUT2D eigenvalue weighted by Gasteiger charge is 2.31. The first-order valence-electron chi connectivity index (χ1n) is 5.95. The molecule has 19 heavy (non-hydrogen) atoms. The summed E-state index contributed by atoms with van der Waals surface area (Å²) in [6.07, 6.45) is -5.39. The Morgan fingerprint density at radius 3 is 2.32 bits per heavy atom. The van der Waals surface area contributed by atoms with E-state index in [2.05, 4.69) is 0 Å². The van der Waals surface area contributed by atoms with Crippen molar-refractivity contribution in [2.75, 3.05) is 18.0 Å². The molecule has 108 valence electrons. The molecule has 1 aromatic carbocycles. The highest BCUT2D eigenvalue weighted by molar-refractivity contribution is 5.57. The van der Waals surface area contributed by atoms with Gasteiger partial charge < -0.3 is 10.0 Å². The Labute approximate surface area is 109 Å². The van der Waals surface area contributed by atoms with E-state index in [0.717, 1.165) is 11.0 Å². The fourth-order valence-electron chi connectivity index (χ4n) is 1.87. The Kier molecular flexibility index (Phi) is 4.79. The molecule has 0 aromatic heterocycles. The third kappa shape index (κ3) is 4.09. The number of aliphatic hydroxyl groups is 1. The average Bonchev–Trinajstić information content (AvgIpc) is 2.27. The second kappa shape index (κ2) is 5.77. The molecule has 0 fully saturated rings. The van der Waals surface area contributed by atoms with Crippen LogP contribution < -0.4 is 4.90 Å². The van der Waals surface area contributed by atoms with E-state index < -0.39 is 24.6 Å². The standard InChI is InChI=1S/C13H17F4NO/c1-4-18(7-13(15,16)17)12-5-8(2)11(14)6-10(12)9(3)19/h5-6,9,19H,4,7H2,1-3H3. The van der Waals surface area contributed by atoms with E-state index in [1.54, 1.807) is 6.92 Å². The molecule has 0 saturated heterocycles. The first kappa shape index (κ1) is 15.8. The van der Waals surface area contributed by atoms with Crippen molar-refractivity contribution in [3.63, 3.8) is 0 Å². The normalized spacial score (nSPS) is 13.5. The van der Waals surface area contributed by atoms with Crippen molar-refractivity contribution in [3.05, 3.63) is 29.1 Å². The van der Waals surface area contributed by atoms with E-state index in [0.29, 0.717) is 0 Å². The van der Waals surface area contributed by atoms with Gasteiger partial charge >= 0.3 is 6.18 Å². The number of aliphatic hydroxyl groups excluding tert-OH is 1. The van der Waals surface area contributed by atoms with E-state index in [1.807, 2.05) is 0 Å². The number of benzene rings is 1. The van der Waals surface area contributed by atoms with Gasteiger partial charge in [0.1, 0.15) is 12.4 Å². The minimum absolute atomic E-state index is 0.115. The fraction of sp³-hybridized carbons (Fsp3) is 0.538. The number of hydrogen-bond acceptors (Lipinski definition) is 2. The predicted molar refractivity (Wildman–Crippen MR) is 65.7 cm³/mol. The second-order valence-electron chi connectivity index (χ2n) is 4.47. The van der Waals surface area contributed by atoms with Crippen molar-refractivity contribution in [1.82, 2.24) is 0 Å². The number of nitrogens with zero attached hydrogens (tertiary/aromatic N) is 1. The largest absolute Gasteiger partial charge is 0.405 e. The zero-order valence-electron chi connectivity index (χ0n) is 11.1. The Balaban J connectivity index is 3.25. The lowest BCUT2D eigenvalue weighted by atomic mass is 10.0. The summed E-state index contributed by atoms with van der Waals surface area (Å²) < 4.78 is 51.0. The first-order chi connectivity index (χ1) is 8.65. The zero-order chi connectivity index (χ0) is 14.8. The smallest absolute Gasteiger partial charge is 0.389 e. The van der Waals surface area contributed by atoms with E-state index in [9.17, 15) is 22.7 Å². The fourth-order valence-corrected chi connectivity index (χ4v) is 1.87. The van der Waals surface area contributed by atoms with Crippen molar-refractivity contribution in [1.29, 1.82) is 0 Å². The highest BCUT2D eigenvalue weighted by Crippen LogP contribution is 2.31. The molecule has 6 heteroatoms. The van der Waals surface area contributed by atoms with Gasteiger partial charge in [0, 0.05) is 17.8 Å². The van der Waals surface area contributed by atoms with Crippen LogP contribution in [-0.2, 0) is 0 Å². The van der Waals surface area contributed by atoms with E-state index >= 15 is 0 Å². The molecule has 1 N–H and O–H groups in total. The van der Waals surface area contributed by atoms with Gasteiger partial charge in [-0.25, -0.2) is 4.39 Å².